The first kappa shape index (κ1) is 10.8. The highest BCUT2D eigenvalue weighted by Crippen LogP contribution is 2.13. The summed E-state index contributed by atoms with van der Waals surface area (Å²) in [4.78, 5) is 2.04. The lowest BCUT2D eigenvalue weighted by molar-refractivity contribution is 0.272. The molecule has 0 N–H and O–H groups in total. The molecule has 1 aromatic rings. The van der Waals surface area contributed by atoms with Crippen molar-refractivity contribution in [2.45, 2.75) is 32.9 Å². The highest BCUT2D eigenvalue weighted by Gasteiger charge is 2.13. The fourth-order valence-corrected chi connectivity index (χ4v) is 1.46. The van der Waals surface area contributed by atoms with Crippen LogP contribution in [0.3, 0.4) is 0 Å². The quantitative estimate of drug-likeness (QED) is 0.735. The van der Waals surface area contributed by atoms with Crippen LogP contribution in [0.15, 0.2) is 16.7 Å². The Kier molecular flexibility index (Phi) is 3.73. The summed E-state index contributed by atoms with van der Waals surface area (Å²) in [5.41, 5.74) is 1.15. The summed E-state index contributed by atoms with van der Waals surface area (Å²) in [7, 11) is 1.96. The maximum Gasteiger partial charge on any atom is 0.105 e. The molecule has 0 amide bonds. The lowest BCUT2D eigenvalue weighted by Gasteiger charge is -2.20. The van der Waals surface area contributed by atoms with E-state index in [1.807, 2.05) is 31.9 Å². The Morgan fingerprint density at radius 1 is 1.64 bits per heavy atom. The molecule has 1 atom stereocenters. The van der Waals surface area contributed by atoms with E-state index in [0.29, 0.717) is 0 Å². The molecule has 0 saturated carbocycles. The number of hydrogen-bond acceptors (Lipinski definition) is 3. The van der Waals surface area contributed by atoms with Crippen molar-refractivity contribution in [3.8, 4) is 6.07 Å². The van der Waals surface area contributed by atoms with Gasteiger partial charge in [0.05, 0.1) is 18.4 Å². The zero-order chi connectivity index (χ0) is 10.6. The van der Waals surface area contributed by atoms with Gasteiger partial charge in [0.15, 0.2) is 0 Å². The van der Waals surface area contributed by atoms with E-state index in [-0.39, 0.29) is 6.04 Å². The fourth-order valence-electron chi connectivity index (χ4n) is 1.46. The molecule has 1 aromatic heterocycles. The van der Waals surface area contributed by atoms with Crippen LogP contribution in [0, 0.1) is 18.3 Å². The van der Waals surface area contributed by atoms with Gasteiger partial charge in [0.25, 0.3) is 0 Å². The van der Waals surface area contributed by atoms with Gasteiger partial charge >= 0.3 is 0 Å². The standard InChI is InChI=1S/C11H16N2O/c1-4-11(7-12)13(3)8-10-5-6-14-9(10)2/h5-6,11H,4,8H2,1-3H3. The summed E-state index contributed by atoms with van der Waals surface area (Å²) in [5.74, 6) is 0.935. The number of hydrogen-bond donors (Lipinski definition) is 0. The minimum absolute atomic E-state index is 0.00991. The molecule has 76 valence electrons. The first-order chi connectivity index (χ1) is 6.69. The van der Waals surface area contributed by atoms with Crippen LogP contribution in [0.5, 0.6) is 0 Å². The van der Waals surface area contributed by atoms with Crippen LogP contribution in [-0.4, -0.2) is 18.0 Å². The van der Waals surface area contributed by atoms with E-state index < -0.39 is 0 Å². The number of furan rings is 1. The molecule has 0 saturated heterocycles. The Bertz CT molecular complexity index is 324. The van der Waals surface area contributed by atoms with Gasteiger partial charge in [0.2, 0.25) is 0 Å². The predicted octanol–water partition coefficient (Wildman–Crippen LogP) is 2.32. The Balaban J connectivity index is 2.61. The van der Waals surface area contributed by atoms with Crippen LogP contribution >= 0.6 is 0 Å². The van der Waals surface area contributed by atoms with E-state index >= 15 is 0 Å². The maximum absolute atomic E-state index is 8.88. The molecule has 3 nitrogen and oxygen atoms in total. The van der Waals surface area contributed by atoms with Crippen molar-refractivity contribution in [2.24, 2.45) is 0 Å². The van der Waals surface area contributed by atoms with Crippen LogP contribution in [0.25, 0.3) is 0 Å². The summed E-state index contributed by atoms with van der Waals surface area (Å²) < 4.78 is 5.20. The van der Waals surface area contributed by atoms with E-state index in [9.17, 15) is 0 Å². The lowest BCUT2D eigenvalue weighted by atomic mass is 10.2. The smallest absolute Gasteiger partial charge is 0.105 e. The molecule has 0 spiro atoms. The van der Waals surface area contributed by atoms with E-state index in [0.717, 1.165) is 24.3 Å². The molecule has 0 aliphatic heterocycles. The predicted molar refractivity (Wildman–Crippen MR) is 54.6 cm³/mol. The van der Waals surface area contributed by atoms with Gasteiger partial charge in [-0.3, -0.25) is 4.90 Å². The topological polar surface area (TPSA) is 40.2 Å². The second-order valence-corrected chi connectivity index (χ2v) is 3.47. The number of aryl methyl sites for hydroxylation is 1. The van der Waals surface area contributed by atoms with Crippen LogP contribution < -0.4 is 0 Å². The number of rotatable bonds is 4. The average Bonchev–Trinajstić information content (AvgIpc) is 2.54. The second kappa shape index (κ2) is 4.83. The summed E-state index contributed by atoms with van der Waals surface area (Å²) in [5, 5.41) is 8.88. The zero-order valence-corrected chi connectivity index (χ0v) is 8.95. The zero-order valence-electron chi connectivity index (χ0n) is 8.95. The third-order valence-corrected chi connectivity index (χ3v) is 2.45. The van der Waals surface area contributed by atoms with Crippen molar-refractivity contribution < 1.29 is 4.42 Å². The molecule has 1 heterocycles. The fraction of sp³-hybridized carbons (Fsp3) is 0.545. The van der Waals surface area contributed by atoms with Gasteiger partial charge in [-0.15, -0.1) is 0 Å². The van der Waals surface area contributed by atoms with Crippen LogP contribution in [0.1, 0.15) is 24.7 Å². The molecule has 14 heavy (non-hydrogen) atoms. The molecule has 0 radical (unpaired) electrons. The van der Waals surface area contributed by atoms with Crippen molar-refractivity contribution in [3.05, 3.63) is 23.7 Å². The lowest BCUT2D eigenvalue weighted by Crippen LogP contribution is -2.29. The Hall–Kier alpha value is -1.27. The van der Waals surface area contributed by atoms with Gasteiger partial charge in [-0.1, -0.05) is 6.92 Å². The molecule has 0 aromatic carbocycles. The van der Waals surface area contributed by atoms with Crippen molar-refractivity contribution in [3.63, 3.8) is 0 Å². The van der Waals surface area contributed by atoms with E-state index in [1.54, 1.807) is 6.26 Å². The van der Waals surface area contributed by atoms with Crippen molar-refractivity contribution in [1.82, 2.24) is 4.90 Å². The average molecular weight is 192 g/mol. The van der Waals surface area contributed by atoms with Gasteiger partial charge < -0.3 is 4.42 Å². The van der Waals surface area contributed by atoms with E-state index in [2.05, 4.69) is 6.07 Å². The van der Waals surface area contributed by atoms with Crippen molar-refractivity contribution >= 4 is 0 Å². The summed E-state index contributed by atoms with van der Waals surface area (Å²) in [6, 6.07) is 4.22. The van der Waals surface area contributed by atoms with E-state index in [4.69, 9.17) is 9.68 Å². The van der Waals surface area contributed by atoms with Crippen LogP contribution in [0.2, 0.25) is 0 Å². The third-order valence-electron chi connectivity index (χ3n) is 2.45. The summed E-state index contributed by atoms with van der Waals surface area (Å²) >= 11 is 0. The molecule has 3 heteroatoms. The van der Waals surface area contributed by atoms with Crippen molar-refractivity contribution in [2.75, 3.05) is 7.05 Å². The monoisotopic (exact) mass is 192 g/mol. The highest BCUT2D eigenvalue weighted by atomic mass is 16.3. The Morgan fingerprint density at radius 3 is 2.79 bits per heavy atom. The molecule has 0 fully saturated rings. The molecular weight excluding hydrogens is 176 g/mol. The van der Waals surface area contributed by atoms with Gasteiger partial charge in [-0.2, -0.15) is 5.26 Å². The Labute approximate surface area is 84.9 Å². The van der Waals surface area contributed by atoms with Crippen LogP contribution in [-0.2, 0) is 6.54 Å². The molecule has 1 unspecified atom stereocenters. The minimum Gasteiger partial charge on any atom is -0.469 e. The third kappa shape index (κ3) is 2.36. The van der Waals surface area contributed by atoms with Crippen molar-refractivity contribution in [1.29, 1.82) is 5.26 Å². The highest BCUT2D eigenvalue weighted by molar-refractivity contribution is 5.15. The van der Waals surface area contributed by atoms with Gasteiger partial charge in [0, 0.05) is 12.1 Å². The number of nitriles is 1. The molecule has 0 bridgehead atoms. The number of nitrogens with zero attached hydrogens (tertiary/aromatic N) is 2. The molecular formula is C11H16N2O. The first-order valence-electron chi connectivity index (χ1n) is 4.81. The minimum atomic E-state index is -0.00991. The van der Waals surface area contributed by atoms with Crippen LogP contribution in [0.4, 0.5) is 0 Å². The molecule has 0 aliphatic rings. The maximum atomic E-state index is 8.88. The summed E-state index contributed by atoms with van der Waals surface area (Å²) in [6.45, 7) is 4.73. The normalized spacial score (nSPS) is 12.8. The van der Waals surface area contributed by atoms with Gasteiger partial charge in [-0.25, -0.2) is 0 Å². The second-order valence-electron chi connectivity index (χ2n) is 3.47. The van der Waals surface area contributed by atoms with Gasteiger partial charge in [0.1, 0.15) is 5.76 Å². The molecule has 0 aliphatic carbocycles. The molecule has 1 rings (SSSR count). The SMILES string of the molecule is CCC(C#N)N(C)Cc1ccoc1C. The van der Waals surface area contributed by atoms with E-state index in [1.165, 1.54) is 0 Å². The summed E-state index contributed by atoms with van der Waals surface area (Å²) in [6.07, 6.45) is 2.54. The van der Waals surface area contributed by atoms with Gasteiger partial charge in [-0.05, 0) is 26.5 Å². The Morgan fingerprint density at radius 2 is 2.36 bits per heavy atom. The first-order valence-corrected chi connectivity index (χ1v) is 4.81. The largest absolute Gasteiger partial charge is 0.469 e.